The van der Waals surface area contributed by atoms with Gasteiger partial charge in [-0.1, -0.05) is 6.08 Å². The minimum atomic E-state index is -0.0472. The van der Waals surface area contributed by atoms with E-state index in [-0.39, 0.29) is 11.9 Å². The van der Waals surface area contributed by atoms with Gasteiger partial charge in [-0.3, -0.25) is 9.69 Å². The van der Waals surface area contributed by atoms with Crippen LogP contribution < -0.4 is 0 Å². The number of nitrogens with zero attached hydrogens (tertiary/aromatic N) is 1. The van der Waals surface area contributed by atoms with Crippen molar-refractivity contribution in [3.05, 3.63) is 12.7 Å². The number of rotatable bonds is 4. The van der Waals surface area contributed by atoms with Crippen LogP contribution in [0.15, 0.2) is 12.7 Å². The molecule has 3 heteroatoms. The molecule has 1 aliphatic heterocycles. The summed E-state index contributed by atoms with van der Waals surface area (Å²) in [5, 5.41) is 0. The summed E-state index contributed by atoms with van der Waals surface area (Å²) in [4.78, 5) is 13.5. The minimum absolute atomic E-state index is 0.0472. The smallest absolute Gasteiger partial charge is 0.310 e. The van der Waals surface area contributed by atoms with Crippen molar-refractivity contribution in [3.8, 4) is 0 Å². The average Bonchev–Trinajstić information content (AvgIpc) is 2.54. The Bertz CT molecular complexity index is 191. The molecule has 1 rings (SSSR count). The van der Waals surface area contributed by atoms with Gasteiger partial charge >= 0.3 is 5.97 Å². The highest BCUT2D eigenvalue weighted by Crippen LogP contribution is 2.17. The fraction of sp³-hybridized carbons (Fsp3) is 0.700. The number of carbonyl (C=O) groups excluding carboxylic acids is 1. The lowest BCUT2D eigenvalue weighted by Crippen LogP contribution is -2.24. The van der Waals surface area contributed by atoms with Crippen LogP contribution in [0, 0.1) is 5.92 Å². The lowest BCUT2D eigenvalue weighted by Gasteiger charge is -2.12. The third kappa shape index (κ3) is 2.84. The standard InChI is InChI=1S/C10H17NO2/c1-3-6-11-7-5-9(8-11)10(12)13-4-2/h3,9H,1,4-8H2,2H3. The van der Waals surface area contributed by atoms with Crippen molar-refractivity contribution in [2.45, 2.75) is 13.3 Å². The monoisotopic (exact) mass is 183 g/mol. The molecule has 0 spiro atoms. The van der Waals surface area contributed by atoms with Gasteiger partial charge in [0.2, 0.25) is 0 Å². The molecule has 0 aliphatic carbocycles. The zero-order valence-electron chi connectivity index (χ0n) is 8.16. The molecule has 0 amide bonds. The number of hydrogen-bond acceptors (Lipinski definition) is 3. The van der Waals surface area contributed by atoms with E-state index in [1.165, 1.54) is 0 Å². The van der Waals surface area contributed by atoms with Crippen molar-refractivity contribution in [1.29, 1.82) is 0 Å². The van der Waals surface area contributed by atoms with Crippen LogP contribution >= 0.6 is 0 Å². The second-order valence-corrected chi connectivity index (χ2v) is 3.29. The fourth-order valence-corrected chi connectivity index (χ4v) is 1.63. The highest BCUT2D eigenvalue weighted by molar-refractivity contribution is 5.73. The summed E-state index contributed by atoms with van der Waals surface area (Å²) in [6, 6.07) is 0. The van der Waals surface area contributed by atoms with Gasteiger partial charge < -0.3 is 4.74 Å². The molecule has 0 aromatic heterocycles. The van der Waals surface area contributed by atoms with Crippen LogP contribution in [0.5, 0.6) is 0 Å². The minimum Gasteiger partial charge on any atom is -0.466 e. The van der Waals surface area contributed by atoms with Gasteiger partial charge in [0.05, 0.1) is 12.5 Å². The molecular formula is C10H17NO2. The first kappa shape index (κ1) is 10.3. The quantitative estimate of drug-likeness (QED) is 0.482. The van der Waals surface area contributed by atoms with Crippen LogP contribution in [-0.4, -0.2) is 37.1 Å². The predicted molar refractivity (Wildman–Crippen MR) is 51.4 cm³/mol. The Morgan fingerprint density at radius 2 is 2.54 bits per heavy atom. The molecule has 1 atom stereocenters. The molecule has 1 unspecified atom stereocenters. The first-order valence-electron chi connectivity index (χ1n) is 4.77. The number of esters is 1. The summed E-state index contributed by atoms with van der Waals surface area (Å²) in [5.74, 6) is 0.0361. The van der Waals surface area contributed by atoms with Crippen molar-refractivity contribution < 1.29 is 9.53 Å². The fourth-order valence-electron chi connectivity index (χ4n) is 1.63. The second kappa shape index (κ2) is 5.02. The van der Waals surface area contributed by atoms with E-state index < -0.39 is 0 Å². The Balaban J connectivity index is 2.31. The van der Waals surface area contributed by atoms with Crippen molar-refractivity contribution in [2.24, 2.45) is 5.92 Å². The lowest BCUT2D eigenvalue weighted by atomic mass is 10.1. The maximum absolute atomic E-state index is 11.3. The summed E-state index contributed by atoms with van der Waals surface area (Å²) < 4.78 is 4.96. The van der Waals surface area contributed by atoms with Crippen LogP contribution in [0.25, 0.3) is 0 Å². The number of hydrogen-bond donors (Lipinski definition) is 0. The lowest BCUT2D eigenvalue weighted by molar-refractivity contribution is -0.147. The van der Waals surface area contributed by atoms with Crippen LogP contribution in [0.4, 0.5) is 0 Å². The Morgan fingerprint density at radius 1 is 1.77 bits per heavy atom. The van der Waals surface area contributed by atoms with E-state index in [1.807, 2.05) is 13.0 Å². The molecule has 0 aromatic carbocycles. The van der Waals surface area contributed by atoms with Crippen molar-refractivity contribution in [2.75, 3.05) is 26.2 Å². The molecule has 74 valence electrons. The predicted octanol–water partition coefficient (Wildman–Crippen LogP) is 1.06. The number of likely N-dealkylation sites (tertiary alicyclic amines) is 1. The average molecular weight is 183 g/mol. The number of ether oxygens (including phenoxy) is 1. The highest BCUT2D eigenvalue weighted by Gasteiger charge is 2.28. The molecule has 1 saturated heterocycles. The summed E-state index contributed by atoms with van der Waals surface area (Å²) in [6.45, 7) is 8.67. The molecule has 0 aromatic rings. The van der Waals surface area contributed by atoms with Crippen molar-refractivity contribution in [1.82, 2.24) is 4.90 Å². The first-order valence-corrected chi connectivity index (χ1v) is 4.77. The van der Waals surface area contributed by atoms with Crippen molar-refractivity contribution >= 4 is 5.97 Å². The van der Waals surface area contributed by atoms with E-state index >= 15 is 0 Å². The Hall–Kier alpha value is -0.830. The molecule has 1 aliphatic rings. The first-order chi connectivity index (χ1) is 6.27. The highest BCUT2D eigenvalue weighted by atomic mass is 16.5. The van der Waals surface area contributed by atoms with E-state index in [4.69, 9.17) is 4.74 Å². The second-order valence-electron chi connectivity index (χ2n) is 3.29. The van der Waals surface area contributed by atoms with E-state index in [0.29, 0.717) is 6.61 Å². The van der Waals surface area contributed by atoms with Gasteiger partial charge in [-0.15, -0.1) is 6.58 Å². The van der Waals surface area contributed by atoms with E-state index in [9.17, 15) is 4.79 Å². The maximum atomic E-state index is 11.3. The van der Waals surface area contributed by atoms with Crippen molar-refractivity contribution in [3.63, 3.8) is 0 Å². The Kier molecular flexibility index (Phi) is 3.96. The normalized spacial score (nSPS) is 23.0. The molecular weight excluding hydrogens is 166 g/mol. The number of carbonyl (C=O) groups is 1. The molecule has 13 heavy (non-hydrogen) atoms. The SMILES string of the molecule is C=CCN1CCC(C(=O)OCC)C1. The summed E-state index contributed by atoms with van der Waals surface area (Å²) in [7, 11) is 0. The van der Waals surface area contributed by atoms with E-state index in [2.05, 4.69) is 11.5 Å². The van der Waals surface area contributed by atoms with Gasteiger partial charge in [0.25, 0.3) is 0 Å². The van der Waals surface area contributed by atoms with E-state index in [0.717, 1.165) is 26.1 Å². The van der Waals surface area contributed by atoms with Gasteiger partial charge in [-0.05, 0) is 19.9 Å². The van der Waals surface area contributed by atoms with E-state index in [1.54, 1.807) is 0 Å². The largest absolute Gasteiger partial charge is 0.466 e. The zero-order chi connectivity index (χ0) is 9.68. The molecule has 3 nitrogen and oxygen atoms in total. The van der Waals surface area contributed by atoms with Gasteiger partial charge in [0, 0.05) is 13.1 Å². The Labute approximate surface area is 79.4 Å². The molecule has 0 bridgehead atoms. The van der Waals surface area contributed by atoms with Crippen LogP contribution in [0.2, 0.25) is 0 Å². The molecule has 0 N–H and O–H groups in total. The summed E-state index contributed by atoms with van der Waals surface area (Å²) in [6.07, 6.45) is 2.79. The third-order valence-corrected chi connectivity index (χ3v) is 2.28. The topological polar surface area (TPSA) is 29.5 Å². The molecule has 0 saturated carbocycles. The third-order valence-electron chi connectivity index (χ3n) is 2.28. The maximum Gasteiger partial charge on any atom is 0.310 e. The zero-order valence-corrected chi connectivity index (χ0v) is 8.16. The summed E-state index contributed by atoms with van der Waals surface area (Å²) in [5.41, 5.74) is 0. The molecule has 0 radical (unpaired) electrons. The van der Waals surface area contributed by atoms with Gasteiger partial charge in [-0.2, -0.15) is 0 Å². The van der Waals surface area contributed by atoms with Crippen LogP contribution in [-0.2, 0) is 9.53 Å². The summed E-state index contributed by atoms with van der Waals surface area (Å²) >= 11 is 0. The van der Waals surface area contributed by atoms with Gasteiger partial charge in [-0.25, -0.2) is 0 Å². The molecule has 1 fully saturated rings. The molecule has 1 heterocycles. The van der Waals surface area contributed by atoms with Gasteiger partial charge in [0.1, 0.15) is 0 Å². The van der Waals surface area contributed by atoms with Gasteiger partial charge in [0.15, 0.2) is 0 Å². The van der Waals surface area contributed by atoms with Crippen LogP contribution in [0.1, 0.15) is 13.3 Å². The Morgan fingerprint density at radius 3 is 3.15 bits per heavy atom. The van der Waals surface area contributed by atoms with Crippen LogP contribution in [0.3, 0.4) is 0 Å².